The molecule has 0 aromatic heterocycles. The van der Waals surface area contributed by atoms with Gasteiger partial charge in [-0.1, -0.05) is 84.9 Å². The van der Waals surface area contributed by atoms with Crippen molar-refractivity contribution in [3.63, 3.8) is 0 Å². The molecule has 1 fully saturated rings. The summed E-state index contributed by atoms with van der Waals surface area (Å²) in [6.07, 6.45) is 0. The Morgan fingerprint density at radius 2 is 0.638 bits per heavy atom. The molecule has 0 bridgehead atoms. The van der Waals surface area contributed by atoms with Gasteiger partial charge in [0.1, 0.15) is 12.1 Å². The lowest BCUT2D eigenvalue weighted by Gasteiger charge is -2.32. The predicted molar refractivity (Wildman–Crippen MR) is 209 cm³/mol. The second-order valence-corrected chi connectivity index (χ2v) is 13.8. The normalized spacial score (nSPS) is 18.6. The average Bonchev–Trinajstić information content (AvgIpc) is 3.65. The highest BCUT2D eigenvalue weighted by Gasteiger charge is 2.46. The van der Waals surface area contributed by atoms with Crippen LogP contribution in [0.1, 0.15) is 64.6 Å². The third kappa shape index (κ3) is 8.60. The van der Waals surface area contributed by atoms with Gasteiger partial charge in [-0.2, -0.15) is 0 Å². The van der Waals surface area contributed by atoms with Crippen molar-refractivity contribution in [3.8, 4) is 0 Å². The van der Waals surface area contributed by atoms with Gasteiger partial charge in [0.2, 0.25) is 0 Å². The van der Waals surface area contributed by atoms with E-state index in [9.17, 15) is 28.8 Å². The molecule has 0 aliphatic carbocycles. The highest BCUT2D eigenvalue weighted by molar-refractivity contribution is 6.23. The van der Waals surface area contributed by atoms with Gasteiger partial charge in [0.15, 0.2) is 0 Å². The number of hydrogen-bond donors (Lipinski definition) is 0. The number of nitrogens with zero attached hydrogens (tertiary/aromatic N) is 4. The number of fused-ring (bicyclic) bond motifs is 2. The summed E-state index contributed by atoms with van der Waals surface area (Å²) in [7, 11) is 0. The number of ether oxygens (including phenoxy) is 4. The lowest BCUT2D eigenvalue weighted by molar-refractivity contribution is -0.138. The van der Waals surface area contributed by atoms with Crippen LogP contribution >= 0.6 is 0 Å². The number of amides is 6. The molecule has 300 valence electrons. The molecule has 4 aromatic carbocycles. The SMILES string of the molecule is O=C([C@H](c1ccccc1)N1C(=O)c2ccccc2C1=O)N1CCOCCOCCN(C(=O)[C@H](c2ccccc2)N2C(=O)c3ccccc3C2=O)CCOCCOCC1. The number of imide groups is 2. The second kappa shape index (κ2) is 18.9. The molecule has 0 N–H and O–H groups in total. The van der Waals surface area contributed by atoms with E-state index < -0.39 is 47.5 Å². The van der Waals surface area contributed by atoms with Crippen LogP contribution in [0, 0.1) is 0 Å². The van der Waals surface area contributed by atoms with Crippen molar-refractivity contribution in [2.75, 3.05) is 79.0 Å². The van der Waals surface area contributed by atoms with Gasteiger partial charge in [-0.25, -0.2) is 0 Å². The van der Waals surface area contributed by atoms with Crippen LogP contribution in [0.5, 0.6) is 0 Å². The molecule has 6 amide bonds. The van der Waals surface area contributed by atoms with Gasteiger partial charge < -0.3 is 28.7 Å². The Kier molecular flexibility index (Phi) is 13.1. The summed E-state index contributed by atoms with van der Waals surface area (Å²) in [4.78, 5) is 88.3. The lowest BCUT2D eigenvalue weighted by Crippen LogP contribution is -2.47. The molecular formula is C44H44N4O10. The van der Waals surface area contributed by atoms with Crippen LogP contribution < -0.4 is 0 Å². The first kappa shape index (κ1) is 40.1. The molecule has 14 heteroatoms. The van der Waals surface area contributed by atoms with E-state index in [0.717, 1.165) is 9.80 Å². The minimum Gasteiger partial charge on any atom is -0.377 e. The summed E-state index contributed by atoms with van der Waals surface area (Å²) in [5.74, 6) is -3.05. The van der Waals surface area contributed by atoms with E-state index >= 15 is 0 Å². The summed E-state index contributed by atoms with van der Waals surface area (Å²) < 4.78 is 23.5. The topological polar surface area (TPSA) is 152 Å². The van der Waals surface area contributed by atoms with Crippen molar-refractivity contribution in [2.45, 2.75) is 12.1 Å². The molecule has 0 radical (unpaired) electrons. The minimum absolute atomic E-state index is 0.130. The van der Waals surface area contributed by atoms with Crippen LogP contribution in [-0.2, 0) is 28.5 Å². The summed E-state index contributed by atoms with van der Waals surface area (Å²) in [5, 5.41) is 0. The molecule has 3 heterocycles. The standard InChI is InChI=1S/C44H44N4O10/c49-39-33-15-7-8-16-34(33)40(50)47(39)37(31-11-3-1-4-12-31)43(53)45-19-23-55-27-29-57-25-21-46(22-26-58-30-28-56-24-20-45)44(54)38(32-13-5-2-6-14-32)48-41(51)35-17-9-10-18-36(35)42(48)52/h1-18,37-38H,19-30H2/t37-,38-/m0/s1. The summed E-state index contributed by atoms with van der Waals surface area (Å²) in [6.45, 7) is 1.82. The monoisotopic (exact) mass is 788 g/mol. The van der Waals surface area contributed by atoms with Crippen LogP contribution in [0.4, 0.5) is 0 Å². The fourth-order valence-corrected chi connectivity index (χ4v) is 7.31. The van der Waals surface area contributed by atoms with Crippen molar-refractivity contribution < 1.29 is 47.7 Å². The van der Waals surface area contributed by atoms with Crippen LogP contribution in [0.3, 0.4) is 0 Å². The Morgan fingerprint density at radius 1 is 0.379 bits per heavy atom. The van der Waals surface area contributed by atoms with Crippen molar-refractivity contribution in [1.29, 1.82) is 0 Å². The molecule has 0 unspecified atom stereocenters. The second-order valence-electron chi connectivity index (χ2n) is 13.8. The molecule has 14 nitrogen and oxygen atoms in total. The van der Waals surface area contributed by atoms with Crippen molar-refractivity contribution >= 4 is 35.4 Å². The maximum absolute atomic E-state index is 14.4. The molecule has 3 aliphatic rings. The predicted octanol–water partition coefficient (Wildman–Crippen LogP) is 3.80. The fourth-order valence-electron chi connectivity index (χ4n) is 7.31. The smallest absolute Gasteiger partial charge is 0.262 e. The van der Waals surface area contributed by atoms with Gasteiger partial charge in [0.25, 0.3) is 35.4 Å². The Hall–Kier alpha value is -6.06. The van der Waals surface area contributed by atoms with E-state index in [1.54, 1.807) is 109 Å². The number of hydrogen-bond acceptors (Lipinski definition) is 10. The summed E-state index contributed by atoms with van der Waals surface area (Å²) >= 11 is 0. The Morgan fingerprint density at radius 3 is 0.914 bits per heavy atom. The Bertz CT molecular complexity index is 1890. The molecule has 7 rings (SSSR count). The average molecular weight is 789 g/mol. The van der Waals surface area contributed by atoms with Gasteiger partial charge in [-0.15, -0.1) is 0 Å². The van der Waals surface area contributed by atoms with Crippen LogP contribution in [0.15, 0.2) is 109 Å². The first-order valence-electron chi connectivity index (χ1n) is 19.3. The zero-order chi connectivity index (χ0) is 40.4. The zero-order valence-corrected chi connectivity index (χ0v) is 31.9. The molecule has 1 saturated heterocycles. The molecule has 0 saturated carbocycles. The third-order valence-corrected chi connectivity index (χ3v) is 10.3. The van der Waals surface area contributed by atoms with E-state index in [2.05, 4.69) is 0 Å². The van der Waals surface area contributed by atoms with Crippen molar-refractivity contribution in [3.05, 3.63) is 143 Å². The Balaban J connectivity index is 1.01. The van der Waals surface area contributed by atoms with E-state index in [-0.39, 0.29) is 101 Å². The molecular weight excluding hydrogens is 745 g/mol. The largest absolute Gasteiger partial charge is 0.377 e. The van der Waals surface area contributed by atoms with Crippen LogP contribution in [-0.4, -0.2) is 134 Å². The van der Waals surface area contributed by atoms with Crippen molar-refractivity contribution in [1.82, 2.24) is 19.6 Å². The lowest BCUT2D eigenvalue weighted by atomic mass is 10.0. The van der Waals surface area contributed by atoms with E-state index in [0.29, 0.717) is 11.1 Å². The number of benzene rings is 4. The van der Waals surface area contributed by atoms with E-state index in [4.69, 9.17) is 18.9 Å². The number of carbonyl (C=O) groups excluding carboxylic acids is 6. The van der Waals surface area contributed by atoms with E-state index in [1.165, 1.54) is 9.80 Å². The zero-order valence-electron chi connectivity index (χ0n) is 31.9. The highest BCUT2D eigenvalue weighted by Crippen LogP contribution is 2.34. The summed E-state index contributed by atoms with van der Waals surface area (Å²) in [6, 6.07) is 28.1. The van der Waals surface area contributed by atoms with Crippen LogP contribution in [0.2, 0.25) is 0 Å². The third-order valence-electron chi connectivity index (χ3n) is 10.3. The molecule has 4 aromatic rings. The van der Waals surface area contributed by atoms with E-state index in [1.807, 2.05) is 0 Å². The fraction of sp³-hybridized carbons (Fsp3) is 0.318. The molecule has 2 atom stereocenters. The van der Waals surface area contributed by atoms with Gasteiger partial charge in [-0.3, -0.25) is 38.6 Å². The van der Waals surface area contributed by atoms with Gasteiger partial charge in [-0.05, 0) is 35.4 Å². The quantitative estimate of drug-likeness (QED) is 0.264. The Labute approximate surface area is 335 Å². The number of rotatable bonds is 6. The molecule has 3 aliphatic heterocycles. The summed E-state index contributed by atoms with van der Waals surface area (Å²) in [5.41, 5.74) is 1.99. The maximum atomic E-state index is 14.4. The highest BCUT2D eigenvalue weighted by atomic mass is 16.5. The van der Waals surface area contributed by atoms with Gasteiger partial charge in [0, 0.05) is 26.2 Å². The maximum Gasteiger partial charge on any atom is 0.262 e. The van der Waals surface area contributed by atoms with Crippen LogP contribution in [0.25, 0.3) is 0 Å². The van der Waals surface area contributed by atoms with Gasteiger partial charge in [0.05, 0.1) is 75.1 Å². The first-order valence-corrected chi connectivity index (χ1v) is 19.3. The molecule has 58 heavy (non-hydrogen) atoms. The first-order chi connectivity index (χ1) is 28.4. The molecule has 0 spiro atoms. The minimum atomic E-state index is -1.21. The van der Waals surface area contributed by atoms with Gasteiger partial charge >= 0.3 is 0 Å². The van der Waals surface area contributed by atoms with Crippen molar-refractivity contribution in [2.24, 2.45) is 0 Å². The number of carbonyl (C=O) groups is 6.